The van der Waals surface area contributed by atoms with Crippen LogP contribution in [-0.2, 0) is 13.0 Å². The average Bonchev–Trinajstić information content (AvgIpc) is 2.83. The fraction of sp³-hybridized carbons (Fsp3) is 0.222. The summed E-state index contributed by atoms with van der Waals surface area (Å²) in [6, 6.07) is 24.6. The van der Waals surface area contributed by atoms with Gasteiger partial charge in [0.05, 0.1) is 5.56 Å². The van der Waals surface area contributed by atoms with Gasteiger partial charge in [0.2, 0.25) is 0 Å². The highest BCUT2D eigenvalue weighted by molar-refractivity contribution is 5.95. The lowest BCUT2D eigenvalue weighted by Gasteiger charge is -2.38. The van der Waals surface area contributed by atoms with Crippen LogP contribution in [0.2, 0.25) is 0 Å². The topological polar surface area (TPSA) is 42.7 Å². The summed E-state index contributed by atoms with van der Waals surface area (Å²) in [6.07, 6.45) is 3.42. The van der Waals surface area contributed by atoms with Gasteiger partial charge < -0.3 is 9.15 Å². The van der Waals surface area contributed by atoms with Crippen LogP contribution in [0, 0.1) is 0 Å². The molecule has 1 aromatic heterocycles. The van der Waals surface area contributed by atoms with E-state index < -0.39 is 0 Å². The molecule has 0 N–H and O–H groups in total. The van der Waals surface area contributed by atoms with Crippen LogP contribution in [0.1, 0.15) is 35.6 Å². The van der Waals surface area contributed by atoms with Crippen LogP contribution in [0.3, 0.4) is 0 Å². The number of aryl methyl sites for hydroxylation is 1. The average molecular weight is 409 g/mol. The van der Waals surface area contributed by atoms with Gasteiger partial charge in [-0.15, -0.1) is 0 Å². The van der Waals surface area contributed by atoms with Gasteiger partial charge in [-0.3, -0.25) is 4.90 Å². The van der Waals surface area contributed by atoms with Crippen LogP contribution in [-0.4, -0.2) is 11.6 Å². The molecule has 6 rings (SSSR count). The van der Waals surface area contributed by atoms with Crippen molar-refractivity contribution < 1.29 is 9.15 Å². The van der Waals surface area contributed by atoms with Gasteiger partial charge in [-0.05, 0) is 53.6 Å². The minimum Gasteiger partial charge on any atom is -0.478 e. The molecular weight excluding hydrogens is 386 g/mol. The summed E-state index contributed by atoms with van der Waals surface area (Å²) in [5.41, 5.74) is 6.00. The zero-order chi connectivity index (χ0) is 20.8. The zero-order valence-electron chi connectivity index (χ0n) is 17.2. The Morgan fingerprint density at radius 3 is 2.68 bits per heavy atom. The number of benzene rings is 3. The van der Waals surface area contributed by atoms with Gasteiger partial charge in [-0.25, -0.2) is 4.79 Å². The summed E-state index contributed by atoms with van der Waals surface area (Å²) in [4.78, 5) is 14.9. The van der Waals surface area contributed by atoms with Gasteiger partial charge in [0.1, 0.15) is 18.1 Å². The van der Waals surface area contributed by atoms with Gasteiger partial charge in [0.15, 0.2) is 0 Å². The van der Waals surface area contributed by atoms with Crippen molar-refractivity contribution in [3.05, 3.63) is 99.9 Å². The number of hydrogen-bond donors (Lipinski definition) is 0. The second-order valence-corrected chi connectivity index (χ2v) is 8.39. The van der Waals surface area contributed by atoms with E-state index in [-0.39, 0.29) is 5.63 Å². The molecule has 4 nitrogen and oxygen atoms in total. The largest absolute Gasteiger partial charge is 0.478 e. The first kappa shape index (κ1) is 18.4. The van der Waals surface area contributed by atoms with E-state index in [1.165, 1.54) is 17.5 Å². The summed E-state index contributed by atoms with van der Waals surface area (Å²) in [5.74, 6) is 0.807. The highest BCUT2D eigenvalue weighted by atomic mass is 16.5. The first-order valence-electron chi connectivity index (χ1n) is 10.9. The molecule has 1 aliphatic carbocycles. The Bertz CT molecular complexity index is 1330. The van der Waals surface area contributed by atoms with E-state index in [0.717, 1.165) is 40.7 Å². The molecule has 1 atom stereocenters. The predicted molar refractivity (Wildman–Crippen MR) is 121 cm³/mol. The molecule has 4 heteroatoms. The van der Waals surface area contributed by atoms with Gasteiger partial charge in [-0.1, -0.05) is 54.6 Å². The van der Waals surface area contributed by atoms with E-state index in [0.29, 0.717) is 24.9 Å². The van der Waals surface area contributed by atoms with Crippen LogP contribution in [0.15, 0.2) is 82.0 Å². The fourth-order valence-corrected chi connectivity index (χ4v) is 5.11. The summed E-state index contributed by atoms with van der Waals surface area (Å²) in [5, 5.41) is 0.944. The first-order valence-corrected chi connectivity index (χ1v) is 10.9. The van der Waals surface area contributed by atoms with Crippen molar-refractivity contribution in [3.63, 3.8) is 0 Å². The fourth-order valence-electron chi connectivity index (χ4n) is 5.11. The van der Waals surface area contributed by atoms with E-state index in [9.17, 15) is 4.79 Å². The molecule has 1 aliphatic heterocycles. The number of nitrogens with zero attached hydrogens (tertiary/aromatic N) is 1. The minimum atomic E-state index is -0.333. The van der Waals surface area contributed by atoms with Crippen LogP contribution in [0.5, 0.6) is 5.75 Å². The van der Waals surface area contributed by atoms with Crippen LogP contribution in [0.4, 0.5) is 0 Å². The van der Waals surface area contributed by atoms with Crippen molar-refractivity contribution in [2.24, 2.45) is 0 Å². The maximum atomic E-state index is 12.5. The maximum absolute atomic E-state index is 12.5. The lowest BCUT2D eigenvalue weighted by molar-refractivity contribution is 0.0482. The molecule has 2 aliphatic rings. The van der Waals surface area contributed by atoms with Crippen molar-refractivity contribution in [3.8, 4) is 16.9 Å². The third kappa shape index (κ3) is 3.15. The van der Waals surface area contributed by atoms with E-state index in [1.807, 2.05) is 42.5 Å². The van der Waals surface area contributed by atoms with Gasteiger partial charge in [-0.2, -0.15) is 0 Å². The molecule has 0 spiro atoms. The Balaban J connectivity index is 1.46. The van der Waals surface area contributed by atoms with Crippen molar-refractivity contribution in [1.29, 1.82) is 0 Å². The Morgan fingerprint density at radius 2 is 1.77 bits per heavy atom. The second kappa shape index (κ2) is 7.40. The van der Waals surface area contributed by atoms with Crippen LogP contribution in [0.25, 0.3) is 22.1 Å². The molecule has 0 saturated heterocycles. The number of ether oxygens (including phenoxy) is 1. The zero-order valence-corrected chi connectivity index (χ0v) is 17.2. The molecule has 154 valence electrons. The molecule has 0 saturated carbocycles. The highest BCUT2D eigenvalue weighted by Crippen LogP contribution is 2.41. The molecule has 0 radical (unpaired) electrons. The monoisotopic (exact) mass is 409 g/mol. The van der Waals surface area contributed by atoms with Crippen molar-refractivity contribution in [1.82, 2.24) is 4.90 Å². The molecule has 4 aromatic rings. The van der Waals surface area contributed by atoms with Crippen molar-refractivity contribution >= 4 is 11.0 Å². The molecule has 31 heavy (non-hydrogen) atoms. The highest BCUT2D eigenvalue weighted by Gasteiger charge is 2.31. The Morgan fingerprint density at radius 1 is 0.935 bits per heavy atom. The SMILES string of the molecule is O=c1cc(-c2ccccc2)c2ccc3c(c2o1)CN(C1CCCc2ccccc21)CO3. The Kier molecular flexibility index (Phi) is 4.39. The standard InChI is InChI=1S/C27H23NO3/c29-26-15-22(19-7-2-1-3-8-19)21-13-14-25-23(27(21)31-26)16-28(17-30-25)24-12-6-10-18-9-4-5-11-20(18)24/h1-5,7-9,11,13-15,24H,6,10,12,16-17H2. The Hall–Kier alpha value is -3.37. The summed E-state index contributed by atoms with van der Waals surface area (Å²) in [6.45, 7) is 1.24. The van der Waals surface area contributed by atoms with E-state index in [4.69, 9.17) is 9.15 Å². The molecule has 2 heterocycles. The van der Waals surface area contributed by atoms with E-state index >= 15 is 0 Å². The lowest BCUT2D eigenvalue weighted by atomic mass is 9.86. The minimum absolute atomic E-state index is 0.317. The summed E-state index contributed by atoms with van der Waals surface area (Å²) >= 11 is 0. The maximum Gasteiger partial charge on any atom is 0.336 e. The summed E-state index contributed by atoms with van der Waals surface area (Å²) < 4.78 is 11.9. The van der Waals surface area contributed by atoms with E-state index in [1.54, 1.807) is 6.07 Å². The normalized spacial score (nSPS) is 18.3. The van der Waals surface area contributed by atoms with Crippen LogP contribution >= 0.6 is 0 Å². The predicted octanol–water partition coefficient (Wildman–Crippen LogP) is 5.69. The number of hydrogen-bond acceptors (Lipinski definition) is 4. The number of fused-ring (bicyclic) bond motifs is 4. The van der Waals surface area contributed by atoms with Crippen LogP contribution < -0.4 is 10.4 Å². The van der Waals surface area contributed by atoms with Crippen molar-refractivity contribution in [2.75, 3.05) is 6.73 Å². The molecule has 3 aromatic carbocycles. The van der Waals surface area contributed by atoms with Gasteiger partial charge in [0.25, 0.3) is 0 Å². The third-order valence-corrected chi connectivity index (χ3v) is 6.58. The molecule has 0 bridgehead atoms. The summed E-state index contributed by atoms with van der Waals surface area (Å²) in [7, 11) is 0. The molecule has 0 fully saturated rings. The first-order chi connectivity index (χ1) is 15.3. The second-order valence-electron chi connectivity index (χ2n) is 8.39. The van der Waals surface area contributed by atoms with E-state index in [2.05, 4.69) is 29.2 Å². The molecule has 0 amide bonds. The molecule has 1 unspecified atom stereocenters. The van der Waals surface area contributed by atoms with Gasteiger partial charge in [0, 0.05) is 24.0 Å². The third-order valence-electron chi connectivity index (χ3n) is 6.58. The quantitative estimate of drug-likeness (QED) is 0.399. The van der Waals surface area contributed by atoms with Gasteiger partial charge >= 0.3 is 5.63 Å². The smallest absolute Gasteiger partial charge is 0.336 e. The number of rotatable bonds is 2. The van der Waals surface area contributed by atoms with Crippen molar-refractivity contribution in [2.45, 2.75) is 31.8 Å². The lowest BCUT2D eigenvalue weighted by Crippen LogP contribution is -2.37. The Labute approximate surface area is 180 Å². The molecular formula is C27H23NO3.